The summed E-state index contributed by atoms with van der Waals surface area (Å²) in [6, 6.07) is 17.3. The normalized spacial score (nSPS) is 15.9. The van der Waals surface area contributed by atoms with Gasteiger partial charge in [-0.2, -0.15) is 5.10 Å². The molecular formula is C23H24N4O2. The molecule has 1 aliphatic rings. The van der Waals surface area contributed by atoms with Gasteiger partial charge in [-0.25, -0.2) is 0 Å². The zero-order valence-corrected chi connectivity index (χ0v) is 16.6. The van der Waals surface area contributed by atoms with Crippen molar-refractivity contribution in [1.29, 1.82) is 0 Å². The van der Waals surface area contributed by atoms with Gasteiger partial charge in [0.15, 0.2) is 0 Å². The van der Waals surface area contributed by atoms with Gasteiger partial charge in [0.05, 0.1) is 12.2 Å². The number of hydrogen-bond donors (Lipinski definition) is 2. The lowest BCUT2D eigenvalue weighted by molar-refractivity contribution is -0.120. The van der Waals surface area contributed by atoms with Gasteiger partial charge in [-0.15, -0.1) is 0 Å². The first-order valence-electron chi connectivity index (χ1n) is 9.80. The van der Waals surface area contributed by atoms with E-state index in [4.69, 9.17) is 5.10 Å². The molecule has 0 radical (unpaired) electrons. The Morgan fingerprint density at radius 1 is 1.17 bits per heavy atom. The molecule has 0 bridgehead atoms. The van der Waals surface area contributed by atoms with Crippen LogP contribution < -0.4 is 10.6 Å². The Morgan fingerprint density at radius 2 is 1.97 bits per heavy atom. The number of hydrogen-bond acceptors (Lipinski definition) is 3. The first kappa shape index (κ1) is 18.9. The monoisotopic (exact) mass is 388 g/mol. The van der Waals surface area contributed by atoms with Crippen molar-refractivity contribution >= 4 is 11.8 Å². The molecule has 0 spiro atoms. The van der Waals surface area contributed by atoms with Crippen molar-refractivity contribution in [2.45, 2.75) is 32.9 Å². The summed E-state index contributed by atoms with van der Waals surface area (Å²) in [6.07, 6.45) is 0.620. The summed E-state index contributed by atoms with van der Waals surface area (Å²) in [5, 5.41) is 10.3. The zero-order chi connectivity index (χ0) is 20.4. The van der Waals surface area contributed by atoms with Crippen LogP contribution in [0.5, 0.6) is 0 Å². The van der Waals surface area contributed by atoms with Crippen molar-refractivity contribution in [2.75, 3.05) is 6.54 Å². The van der Waals surface area contributed by atoms with Crippen molar-refractivity contribution in [3.8, 4) is 11.1 Å². The van der Waals surface area contributed by atoms with Crippen LogP contribution in [0.3, 0.4) is 0 Å². The van der Waals surface area contributed by atoms with E-state index >= 15 is 0 Å². The molecule has 4 rings (SSSR count). The summed E-state index contributed by atoms with van der Waals surface area (Å²) >= 11 is 0. The maximum absolute atomic E-state index is 12.6. The Morgan fingerprint density at radius 3 is 2.69 bits per heavy atom. The van der Waals surface area contributed by atoms with E-state index in [1.54, 1.807) is 6.07 Å². The van der Waals surface area contributed by atoms with Crippen molar-refractivity contribution in [1.82, 2.24) is 20.4 Å². The van der Waals surface area contributed by atoms with Crippen LogP contribution in [0.4, 0.5) is 0 Å². The maximum Gasteiger partial charge on any atom is 0.251 e. The molecule has 1 atom stereocenters. The van der Waals surface area contributed by atoms with Gasteiger partial charge in [0.2, 0.25) is 5.91 Å². The largest absolute Gasteiger partial charge is 0.354 e. The summed E-state index contributed by atoms with van der Waals surface area (Å²) in [5.41, 5.74) is 5.69. The van der Waals surface area contributed by atoms with E-state index in [2.05, 4.69) is 22.8 Å². The fraction of sp³-hybridized carbons (Fsp3) is 0.261. The Kier molecular flexibility index (Phi) is 5.16. The molecule has 6 nitrogen and oxygen atoms in total. The van der Waals surface area contributed by atoms with E-state index in [1.165, 1.54) is 5.56 Å². The summed E-state index contributed by atoms with van der Waals surface area (Å²) in [5.74, 6) is -0.357. The highest BCUT2D eigenvalue weighted by atomic mass is 16.2. The van der Waals surface area contributed by atoms with Gasteiger partial charge >= 0.3 is 0 Å². The number of carbonyl (C=O) groups excluding carboxylic acids is 2. The van der Waals surface area contributed by atoms with Crippen molar-refractivity contribution in [3.63, 3.8) is 0 Å². The van der Waals surface area contributed by atoms with Gasteiger partial charge in [-0.05, 0) is 43.5 Å². The van der Waals surface area contributed by atoms with Crippen LogP contribution >= 0.6 is 0 Å². The molecule has 1 fully saturated rings. The van der Waals surface area contributed by atoms with Gasteiger partial charge in [0, 0.05) is 23.4 Å². The van der Waals surface area contributed by atoms with Gasteiger partial charge in [-0.1, -0.05) is 42.5 Å². The van der Waals surface area contributed by atoms with Crippen LogP contribution in [0.2, 0.25) is 0 Å². The highest BCUT2D eigenvalue weighted by molar-refractivity contribution is 5.99. The van der Waals surface area contributed by atoms with Crippen LogP contribution in [-0.4, -0.2) is 34.2 Å². The molecule has 0 saturated carbocycles. The van der Waals surface area contributed by atoms with E-state index in [0.29, 0.717) is 25.1 Å². The minimum atomic E-state index is -0.455. The third-order valence-corrected chi connectivity index (χ3v) is 5.32. The maximum atomic E-state index is 12.6. The number of aromatic nitrogens is 2. The fourth-order valence-electron chi connectivity index (χ4n) is 3.81. The first-order chi connectivity index (χ1) is 14.0. The van der Waals surface area contributed by atoms with Gasteiger partial charge in [-0.3, -0.25) is 14.3 Å². The molecule has 2 amide bonds. The van der Waals surface area contributed by atoms with Crippen molar-refractivity contribution in [2.24, 2.45) is 0 Å². The molecule has 3 aromatic rings. The van der Waals surface area contributed by atoms with E-state index in [-0.39, 0.29) is 11.8 Å². The second-order valence-electron chi connectivity index (χ2n) is 7.38. The van der Waals surface area contributed by atoms with E-state index in [1.807, 2.05) is 54.9 Å². The standard InChI is InChI=1S/C23H24N4O2/c1-15-21(16(2)27(26-15)14-17-7-4-3-5-8-17)18-9-6-10-19(13-18)22(28)25-20-11-12-24-23(20)29/h3-10,13,20H,11-12,14H2,1-2H3,(H,24,29)(H,25,28)/t20-/m0/s1. The minimum absolute atomic E-state index is 0.122. The summed E-state index contributed by atoms with van der Waals surface area (Å²) in [6.45, 7) is 5.33. The minimum Gasteiger partial charge on any atom is -0.354 e. The lowest BCUT2D eigenvalue weighted by atomic mass is 10.0. The molecule has 2 aromatic carbocycles. The van der Waals surface area contributed by atoms with Crippen LogP contribution in [-0.2, 0) is 11.3 Å². The van der Waals surface area contributed by atoms with Crippen LogP contribution in [0.25, 0.3) is 11.1 Å². The van der Waals surface area contributed by atoms with E-state index < -0.39 is 6.04 Å². The number of nitrogens with one attached hydrogen (secondary N) is 2. The molecule has 2 heterocycles. The van der Waals surface area contributed by atoms with Gasteiger partial charge in [0.25, 0.3) is 5.91 Å². The predicted octanol–water partition coefficient (Wildman–Crippen LogP) is 2.83. The topological polar surface area (TPSA) is 76.0 Å². The van der Waals surface area contributed by atoms with Crippen molar-refractivity contribution in [3.05, 3.63) is 77.1 Å². The lowest BCUT2D eigenvalue weighted by Crippen LogP contribution is -2.40. The average molecular weight is 388 g/mol. The highest BCUT2D eigenvalue weighted by Crippen LogP contribution is 2.28. The molecule has 1 aromatic heterocycles. The van der Waals surface area contributed by atoms with Crippen LogP contribution in [0, 0.1) is 13.8 Å². The quantitative estimate of drug-likeness (QED) is 0.706. The molecule has 1 aliphatic heterocycles. The number of rotatable bonds is 5. The third-order valence-electron chi connectivity index (χ3n) is 5.32. The fourth-order valence-corrected chi connectivity index (χ4v) is 3.81. The first-order valence-corrected chi connectivity index (χ1v) is 9.80. The van der Waals surface area contributed by atoms with Crippen LogP contribution in [0.1, 0.15) is 33.7 Å². The number of carbonyl (C=O) groups is 2. The Balaban J connectivity index is 1.59. The van der Waals surface area contributed by atoms with E-state index in [9.17, 15) is 9.59 Å². The molecule has 2 N–H and O–H groups in total. The molecule has 148 valence electrons. The Bertz CT molecular complexity index is 1060. The predicted molar refractivity (Wildman–Crippen MR) is 112 cm³/mol. The SMILES string of the molecule is Cc1nn(Cc2ccccc2)c(C)c1-c1cccc(C(=O)N[C@H]2CCNC2=O)c1. The molecule has 0 aliphatic carbocycles. The number of amides is 2. The zero-order valence-electron chi connectivity index (χ0n) is 16.6. The molecule has 29 heavy (non-hydrogen) atoms. The lowest BCUT2D eigenvalue weighted by Gasteiger charge is -2.11. The van der Waals surface area contributed by atoms with Crippen LogP contribution in [0.15, 0.2) is 54.6 Å². The molecule has 0 unspecified atom stereocenters. The number of nitrogens with zero attached hydrogens (tertiary/aromatic N) is 2. The molecule has 6 heteroatoms. The molecule has 1 saturated heterocycles. The Labute approximate surface area is 169 Å². The summed E-state index contributed by atoms with van der Waals surface area (Å²) < 4.78 is 2.00. The molecular weight excluding hydrogens is 364 g/mol. The summed E-state index contributed by atoms with van der Waals surface area (Å²) in [4.78, 5) is 24.4. The van der Waals surface area contributed by atoms with Gasteiger partial charge < -0.3 is 10.6 Å². The van der Waals surface area contributed by atoms with Gasteiger partial charge in [0.1, 0.15) is 6.04 Å². The number of benzene rings is 2. The number of aryl methyl sites for hydroxylation is 1. The van der Waals surface area contributed by atoms with E-state index in [0.717, 1.165) is 22.5 Å². The second-order valence-corrected chi connectivity index (χ2v) is 7.38. The average Bonchev–Trinajstić information content (AvgIpc) is 3.25. The van der Waals surface area contributed by atoms with Crippen molar-refractivity contribution < 1.29 is 9.59 Å². The second kappa shape index (κ2) is 7.91. The Hall–Kier alpha value is -3.41. The highest BCUT2D eigenvalue weighted by Gasteiger charge is 2.26. The smallest absolute Gasteiger partial charge is 0.251 e. The summed E-state index contributed by atoms with van der Waals surface area (Å²) in [7, 11) is 0. The third kappa shape index (κ3) is 3.92.